The number of hydrogen-bond donors (Lipinski definition) is 0. The summed E-state index contributed by atoms with van der Waals surface area (Å²) in [6, 6.07) is 15.6. The van der Waals surface area contributed by atoms with E-state index >= 15 is 0 Å². The molecule has 1 unspecified atom stereocenters. The molecule has 150 valence electrons. The standard InChI is InChI=1S/C20H21N5O2S2/c1-14-11-12-24(17-5-3-4-6-18(17)29-14)19(26)13-28-20-21-22-23-25(20)15-7-9-16(27-2)10-8-15/h3-10,14H,11-13H2,1-2H3. The highest BCUT2D eigenvalue weighted by molar-refractivity contribution is 8.00. The Bertz CT molecular complexity index is 993. The van der Waals surface area contributed by atoms with E-state index in [2.05, 4.69) is 28.5 Å². The lowest BCUT2D eigenvalue weighted by Crippen LogP contribution is -2.33. The third kappa shape index (κ3) is 4.40. The predicted octanol–water partition coefficient (Wildman–Crippen LogP) is 3.68. The van der Waals surface area contributed by atoms with E-state index in [4.69, 9.17) is 4.74 Å². The summed E-state index contributed by atoms with van der Waals surface area (Å²) >= 11 is 3.17. The van der Waals surface area contributed by atoms with E-state index in [9.17, 15) is 4.79 Å². The van der Waals surface area contributed by atoms with E-state index < -0.39 is 0 Å². The van der Waals surface area contributed by atoms with Gasteiger partial charge in [-0.1, -0.05) is 30.8 Å². The summed E-state index contributed by atoms with van der Waals surface area (Å²) in [6.07, 6.45) is 0.958. The number of methoxy groups -OCH3 is 1. The number of tetrazole rings is 1. The van der Waals surface area contributed by atoms with E-state index in [1.807, 2.05) is 59.1 Å². The zero-order chi connectivity index (χ0) is 20.2. The first-order valence-electron chi connectivity index (χ1n) is 9.27. The third-order valence-corrected chi connectivity index (χ3v) is 6.77. The van der Waals surface area contributed by atoms with Crippen molar-refractivity contribution in [2.24, 2.45) is 0 Å². The number of para-hydroxylation sites is 1. The number of carbonyl (C=O) groups is 1. The highest BCUT2D eigenvalue weighted by atomic mass is 32.2. The lowest BCUT2D eigenvalue weighted by Gasteiger charge is -2.22. The topological polar surface area (TPSA) is 73.1 Å². The predicted molar refractivity (Wildman–Crippen MR) is 115 cm³/mol. The Morgan fingerprint density at radius 1 is 1.24 bits per heavy atom. The average Bonchev–Trinajstić information content (AvgIpc) is 3.15. The second kappa shape index (κ2) is 8.87. The Balaban J connectivity index is 1.49. The van der Waals surface area contributed by atoms with Gasteiger partial charge in [0, 0.05) is 16.7 Å². The molecule has 2 heterocycles. The van der Waals surface area contributed by atoms with E-state index in [-0.39, 0.29) is 11.7 Å². The molecule has 2 aromatic carbocycles. The van der Waals surface area contributed by atoms with Crippen molar-refractivity contribution in [3.8, 4) is 11.4 Å². The van der Waals surface area contributed by atoms with E-state index in [0.717, 1.165) is 28.4 Å². The molecule has 0 spiro atoms. The molecule has 29 heavy (non-hydrogen) atoms. The molecule has 1 aliphatic rings. The largest absolute Gasteiger partial charge is 0.497 e. The van der Waals surface area contributed by atoms with Crippen LogP contribution in [0, 0.1) is 0 Å². The number of benzene rings is 2. The maximum Gasteiger partial charge on any atom is 0.237 e. The van der Waals surface area contributed by atoms with Gasteiger partial charge in [0.05, 0.1) is 24.2 Å². The van der Waals surface area contributed by atoms with Gasteiger partial charge < -0.3 is 9.64 Å². The SMILES string of the molecule is COc1ccc(-n2nnnc2SCC(=O)N2CCC(C)Sc3ccccc32)cc1. The van der Waals surface area contributed by atoms with Gasteiger partial charge in [0.1, 0.15) is 5.75 Å². The zero-order valence-electron chi connectivity index (χ0n) is 16.2. The number of anilines is 1. The highest BCUT2D eigenvalue weighted by Gasteiger charge is 2.24. The van der Waals surface area contributed by atoms with E-state index in [1.165, 1.54) is 11.8 Å². The lowest BCUT2D eigenvalue weighted by molar-refractivity contribution is -0.116. The summed E-state index contributed by atoms with van der Waals surface area (Å²) < 4.78 is 6.82. The minimum atomic E-state index is 0.0569. The summed E-state index contributed by atoms with van der Waals surface area (Å²) in [4.78, 5) is 16.1. The zero-order valence-corrected chi connectivity index (χ0v) is 17.8. The summed E-state index contributed by atoms with van der Waals surface area (Å²) in [5.74, 6) is 1.09. The minimum Gasteiger partial charge on any atom is -0.497 e. The van der Waals surface area contributed by atoms with E-state index in [1.54, 1.807) is 11.8 Å². The molecule has 1 aliphatic heterocycles. The molecule has 1 aromatic heterocycles. The number of thioether (sulfide) groups is 2. The van der Waals surface area contributed by atoms with Crippen molar-refractivity contribution >= 4 is 35.1 Å². The van der Waals surface area contributed by atoms with Crippen molar-refractivity contribution in [2.45, 2.75) is 28.6 Å². The maximum absolute atomic E-state index is 13.0. The first kappa shape index (κ1) is 19.8. The first-order valence-corrected chi connectivity index (χ1v) is 11.1. The second-order valence-electron chi connectivity index (χ2n) is 6.59. The van der Waals surface area contributed by atoms with Gasteiger partial charge in [-0.25, -0.2) is 0 Å². The number of hydrogen-bond acceptors (Lipinski definition) is 7. The molecule has 1 amide bonds. The van der Waals surface area contributed by atoms with Gasteiger partial charge >= 0.3 is 0 Å². The number of ether oxygens (including phenoxy) is 1. The van der Waals surface area contributed by atoms with Crippen LogP contribution in [0.5, 0.6) is 5.75 Å². The van der Waals surface area contributed by atoms with Crippen LogP contribution in [-0.2, 0) is 4.79 Å². The fourth-order valence-corrected chi connectivity index (χ4v) is 4.98. The molecule has 3 aromatic rings. The van der Waals surface area contributed by atoms with Gasteiger partial charge in [-0.3, -0.25) is 4.79 Å². The first-order chi connectivity index (χ1) is 14.2. The van der Waals surface area contributed by atoms with Crippen molar-refractivity contribution in [3.05, 3.63) is 48.5 Å². The molecule has 0 saturated carbocycles. The Morgan fingerprint density at radius 2 is 2.03 bits per heavy atom. The molecule has 4 rings (SSSR count). The number of aromatic nitrogens is 4. The fourth-order valence-electron chi connectivity index (χ4n) is 3.10. The van der Waals surface area contributed by atoms with Crippen LogP contribution < -0.4 is 9.64 Å². The summed E-state index contributed by atoms with van der Waals surface area (Å²) in [6.45, 7) is 2.92. The van der Waals surface area contributed by atoms with Crippen molar-refractivity contribution in [1.82, 2.24) is 20.2 Å². The van der Waals surface area contributed by atoms with Crippen LogP contribution in [0.1, 0.15) is 13.3 Å². The van der Waals surface area contributed by atoms with Crippen molar-refractivity contribution in [3.63, 3.8) is 0 Å². The van der Waals surface area contributed by atoms with Crippen molar-refractivity contribution in [1.29, 1.82) is 0 Å². The molecule has 0 radical (unpaired) electrons. The van der Waals surface area contributed by atoms with Gasteiger partial charge in [0.25, 0.3) is 0 Å². The van der Waals surface area contributed by atoms with Gasteiger partial charge in [0.15, 0.2) is 0 Å². The second-order valence-corrected chi connectivity index (χ2v) is 9.01. The Morgan fingerprint density at radius 3 is 2.83 bits per heavy atom. The molecule has 0 aliphatic carbocycles. The summed E-state index contributed by atoms with van der Waals surface area (Å²) in [7, 11) is 1.62. The smallest absolute Gasteiger partial charge is 0.237 e. The average molecular weight is 428 g/mol. The number of amides is 1. The Labute approximate surface area is 177 Å². The minimum absolute atomic E-state index is 0.0569. The summed E-state index contributed by atoms with van der Waals surface area (Å²) in [5, 5.41) is 13.0. The van der Waals surface area contributed by atoms with Gasteiger partial charge in [-0.2, -0.15) is 4.68 Å². The van der Waals surface area contributed by atoms with E-state index in [0.29, 0.717) is 17.0 Å². The Kier molecular flexibility index (Phi) is 6.05. The normalized spacial score (nSPS) is 16.2. The molecule has 0 bridgehead atoms. The Hall–Kier alpha value is -2.52. The fraction of sp³-hybridized carbons (Fsp3) is 0.300. The highest BCUT2D eigenvalue weighted by Crippen LogP contribution is 2.37. The monoisotopic (exact) mass is 427 g/mol. The quantitative estimate of drug-likeness (QED) is 0.575. The van der Waals surface area contributed by atoms with Crippen LogP contribution in [0.4, 0.5) is 5.69 Å². The molecule has 0 saturated heterocycles. The number of carbonyl (C=O) groups excluding carboxylic acids is 1. The molecule has 0 N–H and O–H groups in total. The van der Waals surface area contributed by atoms with Crippen LogP contribution in [0.3, 0.4) is 0 Å². The van der Waals surface area contributed by atoms with Gasteiger partial charge in [0.2, 0.25) is 11.1 Å². The molecule has 1 atom stereocenters. The van der Waals surface area contributed by atoms with Crippen LogP contribution in [0.25, 0.3) is 5.69 Å². The maximum atomic E-state index is 13.0. The van der Waals surface area contributed by atoms with Crippen molar-refractivity contribution < 1.29 is 9.53 Å². The molecule has 0 fully saturated rings. The number of nitrogens with zero attached hydrogens (tertiary/aromatic N) is 5. The number of rotatable bonds is 5. The third-order valence-electron chi connectivity index (χ3n) is 4.63. The van der Waals surface area contributed by atoms with Crippen LogP contribution in [-0.4, -0.2) is 50.8 Å². The lowest BCUT2D eigenvalue weighted by atomic mass is 10.2. The molecule has 9 heteroatoms. The summed E-state index contributed by atoms with van der Waals surface area (Å²) in [5.41, 5.74) is 1.80. The van der Waals surface area contributed by atoms with Crippen LogP contribution in [0.15, 0.2) is 58.6 Å². The molecular weight excluding hydrogens is 406 g/mol. The van der Waals surface area contributed by atoms with Gasteiger partial charge in [-0.15, -0.1) is 16.9 Å². The molecule has 7 nitrogen and oxygen atoms in total. The number of fused-ring (bicyclic) bond motifs is 1. The van der Waals surface area contributed by atoms with Crippen molar-refractivity contribution in [2.75, 3.05) is 24.3 Å². The van der Waals surface area contributed by atoms with Crippen LogP contribution >= 0.6 is 23.5 Å². The van der Waals surface area contributed by atoms with Crippen LogP contribution in [0.2, 0.25) is 0 Å². The van der Waals surface area contributed by atoms with Gasteiger partial charge in [-0.05, 0) is 53.2 Å². The molecular formula is C20H21N5O2S2.